The second-order valence-corrected chi connectivity index (χ2v) is 3.65. The van der Waals surface area contributed by atoms with Crippen molar-refractivity contribution in [3.8, 4) is 0 Å². The molecule has 13 heavy (non-hydrogen) atoms. The number of carbonyl (C=O) groups is 1. The normalized spacial score (nSPS) is 20.6. The van der Waals surface area contributed by atoms with Crippen LogP contribution in [0.25, 0.3) is 0 Å². The molecule has 0 radical (unpaired) electrons. The zero-order chi connectivity index (χ0) is 10.0. The molecule has 0 aromatic heterocycles. The number of ether oxygens (including phenoxy) is 1. The van der Waals surface area contributed by atoms with Crippen LogP contribution in [0, 0.1) is 0 Å². The van der Waals surface area contributed by atoms with E-state index in [2.05, 4.69) is 4.99 Å². The summed E-state index contributed by atoms with van der Waals surface area (Å²) < 4.78 is 5.18. The van der Waals surface area contributed by atoms with Gasteiger partial charge in [0.1, 0.15) is 0 Å². The molecule has 0 N–H and O–H groups in total. The summed E-state index contributed by atoms with van der Waals surface area (Å²) in [5.74, 6) is -0.00519. The van der Waals surface area contributed by atoms with Gasteiger partial charge in [-0.15, -0.1) is 0 Å². The molecule has 0 aromatic carbocycles. The van der Waals surface area contributed by atoms with Crippen LogP contribution in [0.4, 0.5) is 0 Å². The molecule has 4 heteroatoms. The Morgan fingerprint density at radius 3 is 2.46 bits per heavy atom. The van der Waals surface area contributed by atoms with E-state index in [9.17, 15) is 4.79 Å². The topological polar surface area (TPSA) is 41.9 Å². The Hall–Kier alpha value is -1.06. The van der Waals surface area contributed by atoms with Crippen LogP contribution < -0.4 is 0 Å². The molecule has 1 saturated heterocycles. The molecule has 0 atom stereocenters. The van der Waals surface area contributed by atoms with Gasteiger partial charge in [0.05, 0.1) is 0 Å². The Balaban J connectivity index is 2.81. The first-order valence-electron chi connectivity index (χ1n) is 4.55. The van der Waals surface area contributed by atoms with E-state index in [1.54, 1.807) is 4.90 Å². The maximum absolute atomic E-state index is 11.3. The van der Waals surface area contributed by atoms with Crippen LogP contribution in [-0.2, 0) is 9.53 Å². The zero-order valence-electron chi connectivity index (χ0n) is 8.57. The molecule has 1 fully saturated rings. The fourth-order valence-electron chi connectivity index (χ4n) is 1.20. The molecule has 0 bridgehead atoms. The zero-order valence-corrected chi connectivity index (χ0v) is 8.57. The third kappa shape index (κ3) is 2.20. The lowest BCUT2D eigenvalue weighted by Crippen LogP contribution is -2.36. The predicted octanol–water partition coefficient (Wildman–Crippen LogP) is 1.02. The standard InChI is InChI=1S/C9H16N2O2/c1-6(2)10-9-11(7(3)4)8(12)5-13-9/h6-7H,5H2,1-4H3/b10-9+. The molecule has 1 aliphatic heterocycles. The van der Waals surface area contributed by atoms with Crippen LogP contribution >= 0.6 is 0 Å². The van der Waals surface area contributed by atoms with E-state index in [-0.39, 0.29) is 24.6 Å². The maximum atomic E-state index is 11.3. The average molecular weight is 184 g/mol. The lowest BCUT2D eigenvalue weighted by molar-refractivity contribution is -0.126. The fraction of sp³-hybridized carbons (Fsp3) is 0.778. The number of amides is 1. The number of amidine groups is 1. The Bertz CT molecular complexity index is 234. The molecule has 0 spiro atoms. The molecular weight excluding hydrogens is 168 g/mol. The summed E-state index contributed by atoms with van der Waals surface area (Å²) in [6.45, 7) is 7.93. The number of aliphatic imine (C=N–C) groups is 1. The van der Waals surface area contributed by atoms with Crippen LogP contribution in [0.1, 0.15) is 27.7 Å². The number of hydrogen-bond acceptors (Lipinski definition) is 3. The van der Waals surface area contributed by atoms with Gasteiger partial charge in [-0.25, -0.2) is 4.99 Å². The summed E-state index contributed by atoms with van der Waals surface area (Å²) in [5.41, 5.74) is 0. The van der Waals surface area contributed by atoms with Crippen molar-refractivity contribution in [1.82, 2.24) is 4.90 Å². The van der Waals surface area contributed by atoms with Crippen molar-refractivity contribution in [2.75, 3.05) is 6.61 Å². The number of rotatable bonds is 2. The van der Waals surface area contributed by atoms with Crippen LogP contribution in [0.15, 0.2) is 4.99 Å². The van der Waals surface area contributed by atoms with Gasteiger partial charge in [-0.05, 0) is 27.7 Å². The van der Waals surface area contributed by atoms with Gasteiger partial charge in [0.25, 0.3) is 11.9 Å². The summed E-state index contributed by atoms with van der Waals surface area (Å²) in [5, 5.41) is 0. The van der Waals surface area contributed by atoms with Gasteiger partial charge in [0.15, 0.2) is 6.61 Å². The first-order chi connectivity index (χ1) is 6.02. The molecule has 74 valence electrons. The van der Waals surface area contributed by atoms with Crippen molar-refractivity contribution < 1.29 is 9.53 Å². The summed E-state index contributed by atoms with van der Waals surface area (Å²) in [4.78, 5) is 17.2. The van der Waals surface area contributed by atoms with Gasteiger partial charge in [0, 0.05) is 12.1 Å². The highest BCUT2D eigenvalue weighted by Crippen LogP contribution is 2.11. The van der Waals surface area contributed by atoms with Gasteiger partial charge >= 0.3 is 0 Å². The second kappa shape index (κ2) is 3.77. The molecular formula is C9H16N2O2. The van der Waals surface area contributed by atoms with Crippen molar-refractivity contribution >= 4 is 11.9 Å². The maximum Gasteiger partial charge on any atom is 0.295 e. The van der Waals surface area contributed by atoms with Gasteiger partial charge in [0.2, 0.25) is 0 Å². The molecule has 1 heterocycles. The van der Waals surface area contributed by atoms with E-state index < -0.39 is 0 Å². The van der Waals surface area contributed by atoms with Gasteiger partial charge in [-0.1, -0.05) is 0 Å². The third-order valence-electron chi connectivity index (χ3n) is 1.68. The predicted molar refractivity (Wildman–Crippen MR) is 50.5 cm³/mol. The highest BCUT2D eigenvalue weighted by atomic mass is 16.5. The molecule has 1 aliphatic rings. The minimum absolute atomic E-state index is 0.00519. The molecule has 1 rings (SSSR count). The summed E-state index contributed by atoms with van der Waals surface area (Å²) in [6.07, 6.45) is 0. The van der Waals surface area contributed by atoms with Crippen LogP contribution in [-0.4, -0.2) is 35.5 Å². The molecule has 0 aromatic rings. The first-order valence-corrected chi connectivity index (χ1v) is 4.55. The Kier molecular flexibility index (Phi) is 2.90. The molecule has 0 unspecified atom stereocenters. The van der Waals surface area contributed by atoms with E-state index in [4.69, 9.17) is 4.74 Å². The summed E-state index contributed by atoms with van der Waals surface area (Å²) in [7, 11) is 0. The van der Waals surface area contributed by atoms with Crippen molar-refractivity contribution in [3.63, 3.8) is 0 Å². The summed E-state index contributed by atoms with van der Waals surface area (Å²) in [6, 6.07) is 0.740. The lowest BCUT2D eigenvalue weighted by atomic mass is 10.3. The van der Waals surface area contributed by atoms with Crippen molar-refractivity contribution in [1.29, 1.82) is 0 Å². The van der Waals surface area contributed by atoms with E-state index in [1.807, 2.05) is 27.7 Å². The van der Waals surface area contributed by atoms with E-state index >= 15 is 0 Å². The SMILES string of the molecule is CC(C)/N=C1/OCC(=O)N1C(C)C. The van der Waals surface area contributed by atoms with Gasteiger partial charge < -0.3 is 4.74 Å². The average Bonchev–Trinajstić information content (AvgIpc) is 2.30. The second-order valence-electron chi connectivity index (χ2n) is 3.65. The van der Waals surface area contributed by atoms with E-state index in [0.29, 0.717) is 6.02 Å². The Morgan fingerprint density at radius 1 is 1.38 bits per heavy atom. The number of carbonyl (C=O) groups excluding carboxylic acids is 1. The van der Waals surface area contributed by atoms with Gasteiger partial charge in [-0.2, -0.15) is 0 Å². The highest BCUT2D eigenvalue weighted by Gasteiger charge is 2.31. The van der Waals surface area contributed by atoms with Crippen LogP contribution in [0.3, 0.4) is 0 Å². The number of nitrogens with zero attached hydrogens (tertiary/aromatic N) is 2. The lowest BCUT2D eigenvalue weighted by Gasteiger charge is -2.18. The molecule has 4 nitrogen and oxygen atoms in total. The molecule has 0 saturated carbocycles. The van der Waals surface area contributed by atoms with Gasteiger partial charge in [-0.3, -0.25) is 9.69 Å². The first kappa shape index (κ1) is 10.0. The quantitative estimate of drug-likeness (QED) is 0.643. The monoisotopic (exact) mass is 184 g/mol. The smallest absolute Gasteiger partial charge is 0.295 e. The third-order valence-corrected chi connectivity index (χ3v) is 1.68. The van der Waals surface area contributed by atoms with Crippen LogP contribution in [0.5, 0.6) is 0 Å². The molecule has 0 aliphatic carbocycles. The van der Waals surface area contributed by atoms with Crippen molar-refractivity contribution in [2.45, 2.75) is 39.8 Å². The minimum Gasteiger partial charge on any atom is -0.455 e. The number of hydrogen-bond donors (Lipinski definition) is 0. The molecule has 1 amide bonds. The van der Waals surface area contributed by atoms with Crippen molar-refractivity contribution in [3.05, 3.63) is 0 Å². The van der Waals surface area contributed by atoms with E-state index in [1.165, 1.54) is 0 Å². The Morgan fingerprint density at radius 2 is 2.00 bits per heavy atom. The van der Waals surface area contributed by atoms with E-state index in [0.717, 1.165) is 0 Å². The largest absolute Gasteiger partial charge is 0.455 e. The van der Waals surface area contributed by atoms with Crippen molar-refractivity contribution in [2.24, 2.45) is 4.99 Å². The summed E-state index contributed by atoms with van der Waals surface area (Å²) >= 11 is 0. The Labute approximate surface area is 78.6 Å². The highest BCUT2D eigenvalue weighted by molar-refractivity contribution is 6.00. The van der Waals surface area contributed by atoms with Crippen LogP contribution in [0.2, 0.25) is 0 Å². The fourth-order valence-corrected chi connectivity index (χ4v) is 1.20. The minimum atomic E-state index is -0.00519.